The second-order valence-electron chi connectivity index (χ2n) is 9.69. The third-order valence-corrected chi connectivity index (χ3v) is 9.02. The van der Waals surface area contributed by atoms with Gasteiger partial charge in [0.2, 0.25) is 11.0 Å². The van der Waals surface area contributed by atoms with Gasteiger partial charge in [-0.1, -0.05) is 72.8 Å². The summed E-state index contributed by atoms with van der Waals surface area (Å²) in [6, 6.07) is 13.6. The molecule has 204 valence electrons. The molecule has 0 radical (unpaired) electrons. The number of anilines is 2. The fraction of sp³-hybridized carbons (Fsp3) is 0.286. The Morgan fingerprint density at radius 1 is 1.25 bits per heavy atom. The van der Waals surface area contributed by atoms with Crippen molar-refractivity contribution < 1.29 is 9.59 Å². The number of nitrogens with one attached hydrogen (secondary N) is 1. The average Bonchev–Trinajstić information content (AvgIpc) is 3.41. The Kier molecular flexibility index (Phi) is 8.21. The molecule has 5 rings (SSSR count). The number of pyridine rings is 1. The number of nitrogens with zero attached hydrogens (tertiary/aromatic N) is 5. The third-order valence-electron chi connectivity index (χ3n) is 6.76. The van der Waals surface area contributed by atoms with Crippen LogP contribution in [0.4, 0.5) is 10.9 Å². The van der Waals surface area contributed by atoms with Gasteiger partial charge in [0.15, 0.2) is 10.1 Å². The first-order chi connectivity index (χ1) is 19.3. The van der Waals surface area contributed by atoms with E-state index in [1.807, 2.05) is 24.3 Å². The molecule has 3 heterocycles. The van der Waals surface area contributed by atoms with Gasteiger partial charge in [-0.3, -0.25) is 14.5 Å². The van der Waals surface area contributed by atoms with Crippen molar-refractivity contribution in [3.8, 4) is 6.07 Å². The first-order valence-electron chi connectivity index (χ1n) is 12.7. The van der Waals surface area contributed by atoms with Gasteiger partial charge in [-0.15, -0.1) is 10.2 Å². The van der Waals surface area contributed by atoms with Gasteiger partial charge in [0, 0.05) is 23.9 Å². The Hall–Kier alpha value is -3.72. The van der Waals surface area contributed by atoms with Crippen molar-refractivity contribution in [1.82, 2.24) is 15.2 Å². The summed E-state index contributed by atoms with van der Waals surface area (Å²) in [5, 5.41) is 22.4. The molecular formula is C28H26ClN7O2S2. The lowest BCUT2D eigenvalue weighted by Crippen LogP contribution is -2.38. The maximum absolute atomic E-state index is 13.3. The summed E-state index contributed by atoms with van der Waals surface area (Å²) in [5.74, 6) is 0.325. The van der Waals surface area contributed by atoms with Crippen LogP contribution >= 0.6 is 34.7 Å². The van der Waals surface area contributed by atoms with E-state index in [1.165, 1.54) is 34.9 Å². The smallest absolute Gasteiger partial charge is 0.235 e. The highest BCUT2D eigenvalue weighted by molar-refractivity contribution is 8.01. The largest absolute Gasteiger partial charge is 0.384 e. The van der Waals surface area contributed by atoms with Crippen molar-refractivity contribution in [2.24, 2.45) is 5.73 Å². The number of ketones is 1. The Morgan fingerprint density at radius 3 is 2.70 bits per heavy atom. The molecule has 1 unspecified atom stereocenters. The van der Waals surface area contributed by atoms with Crippen LogP contribution in [0.25, 0.3) is 0 Å². The Balaban J connectivity index is 1.41. The first kappa shape index (κ1) is 27.8. The van der Waals surface area contributed by atoms with Crippen molar-refractivity contribution in [1.29, 1.82) is 5.26 Å². The third kappa shape index (κ3) is 5.61. The number of rotatable bonds is 7. The zero-order valence-corrected chi connectivity index (χ0v) is 24.2. The van der Waals surface area contributed by atoms with Crippen LogP contribution in [0.15, 0.2) is 69.6 Å². The molecule has 40 heavy (non-hydrogen) atoms. The molecule has 3 aromatic rings. The molecule has 9 nitrogen and oxygen atoms in total. The number of amides is 1. The predicted molar refractivity (Wildman–Crippen MR) is 157 cm³/mol. The number of hydrogen-bond acceptors (Lipinski definition) is 10. The van der Waals surface area contributed by atoms with E-state index in [-0.39, 0.29) is 23.3 Å². The molecule has 1 atom stereocenters. The highest BCUT2D eigenvalue weighted by atomic mass is 35.5. The maximum atomic E-state index is 13.3. The summed E-state index contributed by atoms with van der Waals surface area (Å²) in [7, 11) is 0. The van der Waals surface area contributed by atoms with Gasteiger partial charge in [0.05, 0.1) is 28.3 Å². The molecule has 1 amide bonds. The van der Waals surface area contributed by atoms with Crippen LogP contribution < -0.4 is 16.0 Å². The van der Waals surface area contributed by atoms with Crippen LogP contribution in [0.1, 0.15) is 56.1 Å². The van der Waals surface area contributed by atoms with Crippen LogP contribution in [0.2, 0.25) is 5.02 Å². The molecule has 0 spiro atoms. The van der Waals surface area contributed by atoms with Crippen LogP contribution in [0.3, 0.4) is 0 Å². The molecule has 1 aromatic carbocycles. The highest BCUT2D eigenvalue weighted by Crippen LogP contribution is 2.47. The molecular weight excluding hydrogens is 566 g/mol. The van der Waals surface area contributed by atoms with Gasteiger partial charge in [0.1, 0.15) is 11.6 Å². The number of carbonyl (C=O) groups is 2. The van der Waals surface area contributed by atoms with E-state index in [9.17, 15) is 14.9 Å². The number of thioether (sulfide) groups is 1. The number of allylic oxidation sites excluding steroid dienone is 3. The lowest BCUT2D eigenvalue weighted by atomic mass is 9.75. The van der Waals surface area contributed by atoms with E-state index in [0.717, 1.165) is 11.3 Å². The molecule has 3 N–H and O–H groups in total. The Bertz CT molecular complexity index is 1560. The molecule has 0 bridgehead atoms. The van der Waals surface area contributed by atoms with Gasteiger partial charge < -0.3 is 11.1 Å². The van der Waals surface area contributed by atoms with Crippen molar-refractivity contribution >= 4 is 57.3 Å². The lowest BCUT2D eigenvalue weighted by Gasteiger charge is -2.38. The van der Waals surface area contributed by atoms with Crippen molar-refractivity contribution in [2.45, 2.75) is 49.3 Å². The molecule has 2 aliphatic rings. The number of Topliss-reactive ketones (excluding diaryl/α,β-unsaturated/α-hetero) is 1. The van der Waals surface area contributed by atoms with E-state index in [2.05, 4.69) is 40.4 Å². The van der Waals surface area contributed by atoms with E-state index < -0.39 is 5.92 Å². The first-order valence-corrected chi connectivity index (χ1v) is 14.9. The normalized spacial score (nSPS) is 17.2. The molecule has 12 heteroatoms. The Labute approximate surface area is 245 Å². The summed E-state index contributed by atoms with van der Waals surface area (Å²) < 4.78 is 0.552. The minimum Gasteiger partial charge on any atom is -0.384 e. The molecule has 1 aliphatic heterocycles. The van der Waals surface area contributed by atoms with Crippen LogP contribution in [0, 0.1) is 11.3 Å². The number of halogens is 1. The minimum atomic E-state index is -0.530. The monoisotopic (exact) mass is 591 g/mol. The highest BCUT2D eigenvalue weighted by Gasteiger charge is 2.41. The van der Waals surface area contributed by atoms with Gasteiger partial charge in [0.25, 0.3) is 0 Å². The number of benzene rings is 1. The summed E-state index contributed by atoms with van der Waals surface area (Å²) in [6.07, 6.45) is 3.18. The lowest BCUT2D eigenvalue weighted by molar-refractivity contribution is -0.116. The Morgan fingerprint density at radius 2 is 2.02 bits per heavy atom. The van der Waals surface area contributed by atoms with E-state index in [1.54, 1.807) is 17.0 Å². The summed E-state index contributed by atoms with van der Waals surface area (Å²) >= 11 is 8.31. The molecule has 0 saturated heterocycles. The van der Waals surface area contributed by atoms with Gasteiger partial charge in [-0.2, -0.15) is 5.26 Å². The van der Waals surface area contributed by atoms with E-state index >= 15 is 0 Å². The minimum absolute atomic E-state index is 0.0102. The predicted octanol–water partition coefficient (Wildman–Crippen LogP) is 5.75. The fourth-order valence-electron chi connectivity index (χ4n) is 4.82. The zero-order valence-electron chi connectivity index (χ0n) is 21.8. The molecule has 0 fully saturated rings. The van der Waals surface area contributed by atoms with Crippen molar-refractivity contribution in [3.63, 3.8) is 0 Å². The number of nitriles is 1. The molecule has 2 aromatic heterocycles. The molecule has 1 aliphatic carbocycles. The quantitative estimate of drug-likeness (QED) is 0.329. The average molecular weight is 592 g/mol. The fourth-order valence-corrected chi connectivity index (χ4v) is 6.61. The number of carbonyl (C=O) groups excluding carboxylic acids is 2. The number of aromatic nitrogens is 3. The van der Waals surface area contributed by atoms with E-state index in [4.69, 9.17) is 17.3 Å². The SMILES string of the molecule is CC(C)c1ccc(C2C(C#N)=C(N)N(c3nnc(SCC(=O)Nc4ccc(Cl)cn4)s3)C3=C2C(=O)CCC3)cc1. The van der Waals surface area contributed by atoms with Crippen molar-refractivity contribution in [2.75, 3.05) is 16.0 Å². The van der Waals surface area contributed by atoms with Crippen LogP contribution in [-0.4, -0.2) is 32.6 Å². The summed E-state index contributed by atoms with van der Waals surface area (Å²) in [5.41, 5.74) is 10.3. The number of hydrogen-bond donors (Lipinski definition) is 2. The second-order valence-corrected chi connectivity index (χ2v) is 12.3. The zero-order chi connectivity index (χ0) is 28.4. The van der Waals surface area contributed by atoms with Gasteiger partial charge in [-0.25, -0.2) is 4.98 Å². The summed E-state index contributed by atoms with van der Waals surface area (Å²) in [6.45, 7) is 4.24. The standard InChI is InChI=1S/C28H26ClN7O2S2/c1-15(2)16-6-8-17(9-7-16)24-19(12-30)26(31)36(20-4-3-5-21(37)25(20)24)27-34-35-28(40-27)39-14-23(38)33-22-11-10-18(29)13-32-22/h6-11,13,15,24H,3-5,14,31H2,1-2H3,(H,32,33,38). The topological polar surface area (TPSA) is 138 Å². The van der Waals surface area contributed by atoms with E-state index in [0.29, 0.717) is 56.6 Å². The second kappa shape index (κ2) is 11.8. The maximum Gasteiger partial charge on any atom is 0.235 e. The molecule has 0 saturated carbocycles. The number of nitrogens with two attached hydrogens (primary N) is 1. The van der Waals surface area contributed by atoms with Crippen molar-refractivity contribution in [3.05, 3.63) is 81.4 Å². The van der Waals surface area contributed by atoms with Gasteiger partial charge >= 0.3 is 0 Å². The van der Waals surface area contributed by atoms with Crippen LogP contribution in [0.5, 0.6) is 0 Å². The van der Waals surface area contributed by atoms with Gasteiger partial charge in [-0.05, 0) is 42.0 Å². The van der Waals surface area contributed by atoms with Crippen LogP contribution in [-0.2, 0) is 9.59 Å². The summed E-state index contributed by atoms with van der Waals surface area (Å²) in [4.78, 5) is 31.5.